The lowest BCUT2D eigenvalue weighted by molar-refractivity contribution is 0.0536. The molecule has 1 aliphatic rings. The Labute approximate surface area is 220 Å². The number of rotatable bonds is 10. The molecule has 1 atom stereocenters. The lowest BCUT2D eigenvalue weighted by atomic mass is 10.1. The number of piperazine rings is 1. The summed E-state index contributed by atoms with van der Waals surface area (Å²) < 4.78 is 5.43. The first-order valence-electron chi connectivity index (χ1n) is 12.5. The van der Waals surface area contributed by atoms with Crippen LogP contribution in [0.15, 0.2) is 73.3 Å². The molecule has 0 spiro atoms. The van der Waals surface area contributed by atoms with Crippen LogP contribution in [-0.4, -0.2) is 80.6 Å². The fourth-order valence-corrected chi connectivity index (χ4v) is 4.05. The minimum absolute atomic E-state index is 0.0268. The zero-order valence-electron chi connectivity index (χ0n) is 20.9. The van der Waals surface area contributed by atoms with Crippen molar-refractivity contribution in [2.45, 2.75) is 12.5 Å². The molecule has 1 fully saturated rings. The Hall–Kier alpha value is -4.35. The molecule has 0 radical (unpaired) electrons. The van der Waals surface area contributed by atoms with Crippen LogP contribution in [0.1, 0.15) is 11.1 Å². The SMILES string of the molecule is OC[C@@H](O)COc1ccc(Nc2ncnc(N3CCN(c4ncc(Cc5ccccc5)cn4)CC3)n2)cc1. The fourth-order valence-electron chi connectivity index (χ4n) is 4.05. The zero-order valence-corrected chi connectivity index (χ0v) is 20.9. The van der Waals surface area contributed by atoms with Crippen molar-refractivity contribution in [2.75, 3.05) is 54.5 Å². The van der Waals surface area contributed by atoms with Crippen molar-refractivity contribution in [1.82, 2.24) is 24.9 Å². The van der Waals surface area contributed by atoms with Gasteiger partial charge in [-0.2, -0.15) is 4.98 Å². The summed E-state index contributed by atoms with van der Waals surface area (Å²) in [7, 11) is 0. The molecule has 0 amide bonds. The fraction of sp³-hybridized carbons (Fsp3) is 0.296. The first kappa shape index (κ1) is 25.3. The van der Waals surface area contributed by atoms with Crippen molar-refractivity contribution in [3.63, 3.8) is 0 Å². The van der Waals surface area contributed by atoms with E-state index in [0.29, 0.717) is 17.6 Å². The smallest absolute Gasteiger partial charge is 0.231 e. The number of anilines is 4. The third kappa shape index (κ3) is 6.69. The summed E-state index contributed by atoms with van der Waals surface area (Å²) in [5.41, 5.74) is 3.12. The average Bonchev–Trinajstić information content (AvgIpc) is 2.98. The summed E-state index contributed by atoms with van der Waals surface area (Å²) in [6, 6.07) is 17.5. The lowest BCUT2D eigenvalue weighted by Gasteiger charge is -2.34. The molecule has 4 aromatic rings. The van der Waals surface area contributed by atoms with E-state index in [4.69, 9.17) is 9.84 Å². The van der Waals surface area contributed by atoms with E-state index < -0.39 is 6.10 Å². The number of hydrogen-bond donors (Lipinski definition) is 3. The molecule has 2 aromatic carbocycles. The quantitative estimate of drug-likeness (QED) is 0.287. The number of aliphatic hydroxyl groups is 2. The normalized spacial score (nSPS) is 14.3. The highest BCUT2D eigenvalue weighted by Gasteiger charge is 2.21. The van der Waals surface area contributed by atoms with Crippen LogP contribution in [-0.2, 0) is 6.42 Å². The minimum atomic E-state index is -0.906. The Bertz CT molecular complexity index is 1280. The Morgan fingerprint density at radius 2 is 1.50 bits per heavy atom. The first-order chi connectivity index (χ1) is 18.7. The molecule has 1 saturated heterocycles. The molecule has 3 N–H and O–H groups in total. The maximum absolute atomic E-state index is 9.41. The van der Waals surface area contributed by atoms with Crippen LogP contribution in [0, 0.1) is 0 Å². The van der Waals surface area contributed by atoms with E-state index in [2.05, 4.69) is 52.2 Å². The van der Waals surface area contributed by atoms with Crippen LogP contribution in [0.4, 0.5) is 23.5 Å². The number of nitrogens with one attached hydrogen (secondary N) is 1. The predicted octanol–water partition coefficient (Wildman–Crippen LogP) is 2.05. The largest absolute Gasteiger partial charge is 0.491 e. The van der Waals surface area contributed by atoms with Gasteiger partial charge in [-0.3, -0.25) is 0 Å². The second kappa shape index (κ2) is 12.3. The molecular formula is C27H30N8O3. The van der Waals surface area contributed by atoms with Gasteiger partial charge in [0.05, 0.1) is 6.61 Å². The Balaban J connectivity index is 1.13. The van der Waals surface area contributed by atoms with Crippen LogP contribution in [0.25, 0.3) is 0 Å². The average molecular weight is 515 g/mol. The molecule has 0 unspecified atom stereocenters. The molecule has 5 rings (SSSR count). The van der Waals surface area contributed by atoms with Crippen molar-refractivity contribution in [3.8, 4) is 5.75 Å². The van der Waals surface area contributed by atoms with Crippen LogP contribution in [0.3, 0.4) is 0 Å². The van der Waals surface area contributed by atoms with E-state index in [1.807, 2.05) is 42.7 Å². The van der Waals surface area contributed by atoms with Gasteiger partial charge in [-0.15, -0.1) is 0 Å². The van der Waals surface area contributed by atoms with Gasteiger partial charge in [0.15, 0.2) is 0 Å². The lowest BCUT2D eigenvalue weighted by Crippen LogP contribution is -2.47. The van der Waals surface area contributed by atoms with Crippen LogP contribution in [0.5, 0.6) is 5.75 Å². The number of ether oxygens (including phenoxy) is 1. The molecule has 0 bridgehead atoms. The van der Waals surface area contributed by atoms with E-state index in [9.17, 15) is 5.11 Å². The van der Waals surface area contributed by atoms with Crippen LogP contribution in [0.2, 0.25) is 0 Å². The van der Waals surface area contributed by atoms with E-state index in [1.165, 1.54) is 11.9 Å². The number of benzene rings is 2. The third-order valence-electron chi connectivity index (χ3n) is 6.11. The van der Waals surface area contributed by atoms with Crippen molar-refractivity contribution < 1.29 is 14.9 Å². The summed E-state index contributed by atoms with van der Waals surface area (Å²) in [5.74, 6) is 2.38. The summed E-state index contributed by atoms with van der Waals surface area (Å²) in [6.07, 6.45) is 5.22. The summed E-state index contributed by atoms with van der Waals surface area (Å²) in [5, 5.41) is 21.5. The molecule has 11 nitrogen and oxygen atoms in total. The summed E-state index contributed by atoms with van der Waals surface area (Å²) in [6.45, 7) is 2.69. The van der Waals surface area contributed by atoms with Gasteiger partial charge >= 0.3 is 0 Å². The number of aromatic nitrogens is 5. The van der Waals surface area contributed by atoms with Crippen LogP contribution < -0.4 is 19.9 Å². The van der Waals surface area contributed by atoms with E-state index in [-0.39, 0.29) is 13.2 Å². The van der Waals surface area contributed by atoms with Crippen LogP contribution >= 0.6 is 0 Å². The van der Waals surface area contributed by atoms with Gasteiger partial charge in [-0.25, -0.2) is 19.9 Å². The standard InChI is InChI=1S/C27H30N8O3/c36-17-23(37)18-38-24-8-6-22(7-9-24)32-25-30-19-31-27(33-25)35-12-10-34(11-13-35)26-28-15-21(16-29-26)14-20-4-2-1-3-5-20/h1-9,15-16,19,23,36-37H,10-14,17-18H2,(H,30,31,32,33)/t23-/m1/s1. The van der Waals surface area contributed by atoms with Gasteiger partial charge in [-0.05, 0) is 35.4 Å². The maximum Gasteiger partial charge on any atom is 0.231 e. The Morgan fingerprint density at radius 3 is 2.18 bits per heavy atom. The van der Waals surface area contributed by atoms with Gasteiger partial charge in [0, 0.05) is 50.7 Å². The van der Waals surface area contributed by atoms with Gasteiger partial charge in [-0.1, -0.05) is 30.3 Å². The number of hydrogen-bond acceptors (Lipinski definition) is 11. The molecule has 196 valence electrons. The summed E-state index contributed by atoms with van der Waals surface area (Å²) >= 11 is 0. The highest BCUT2D eigenvalue weighted by atomic mass is 16.5. The molecule has 1 aliphatic heterocycles. The van der Waals surface area contributed by atoms with Crippen molar-refractivity contribution >= 4 is 23.5 Å². The van der Waals surface area contributed by atoms with Crippen molar-refractivity contribution in [1.29, 1.82) is 0 Å². The summed E-state index contributed by atoms with van der Waals surface area (Å²) in [4.78, 5) is 26.7. The van der Waals surface area contributed by atoms with E-state index in [1.54, 1.807) is 12.1 Å². The Kier molecular flexibility index (Phi) is 8.16. The second-order valence-electron chi connectivity index (χ2n) is 8.93. The van der Waals surface area contributed by atoms with Gasteiger partial charge in [0.25, 0.3) is 0 Å². The van der Waals surface area contributed by atoms with E-state index >= 15 is 0 Å². The third-order valence-corrected chi connectivity index (χ3v) is 6.11. The Morgan fingerprint density at radius 1 is 0.816 bits per heavy atom. The monoisotopic (exact) mass is 514 g/mol. The predicted molar refractivity (Wildman–Crippen MR) is 144 cm³/mol. The van der Waals surface area contributed by atoms with Gasteiger partial charge < -0.3 is 30.1 Å². The highest BCUT2D eigenvalue weighted by molar-refractivity contribution is 5.55. The molecular weight excluding hydrogens is 484 g/mol. The first-order valence-corrected chi connectivity index (χ1v) is 12.5. The molecule has 0 aliphatic carbocycles. The van der Waals surface area contributed by atoms with E-state index in [0.717, 1.165) is 49.8 Å². The molecule has 3 heterocycles. The number of aliphatic hydroxyl groups excluding tert-OH is 2. The van der Waals surface area contributed by atoms with Crippen molar-refractivity contribution in [2.24, 2.45) is 0 Å². The zero-order chi connectivity index (χ0) is 26.2. The highest BCUT2D eigenvalue weighted by Crippen LogP contribution is 2.20. The molecule has 0 saturated carbocycles. The molecule has 2 aromatic heterocycles. The molecule has 11 heteroatoms. The number of nitrogens with zero attached hydrogens (tertiary/aromatic N) is 7. The van der Waals surface area contributed by atoms with Gasteiger partial charge in [0.1, 0.15) is 24.8 Å². The minimum Gasteiger partial charge on any atom is -0.491 e. The maximum atomic E-state index is 9.41. The van der Waals surface area contributed by atoms with Gasteiger partial charge in [0.2, 0.25) is 17.8 Å². The van der Waals surface area contributed by atoms with Crippen molar-refractivity contribution in [3.05, 3.63) is 84.4 Å². The topological polar surface area (TPSA) is 133 Å². The second-order valence-corrected chi connectivity index (χ2v) is 8.93. The molecule has 38 heavy (non-hydrogen) atoms.